The summed E-state index contributed by atoms with van der Waals surface area (Å²) in [6.45, 7) is 0. The fourth-order valence-electron chi connectivity index (χ4n) is 1.93. The Morgan fingerprint density at radius 1 is 1.29 bits per heavy atom. The van der Waals surface area contributed by atoms with Crippen molar-refractivity contribution in [3.8, 4) is 0 Å². The molecule has 1 amide bonds. The molecule has 0 unspecified atom stereocenters. The van der Waals surface area contributed by atoms with E-state index in [9.17, 15) is 9.18 Å². The third kappa shape index (κ3) is 3.25. The molecule has 0 spiro atoms. The molecule has 0 heterocycles. The van der Waals surface area contributed by atoms with Gasteiger partial charge in [0.2, 0.25) is 0 Å². The van der Waals surface area contributed by atoms with Gasteiger partial charge in [-0.3, -0.25) is 4.79 Å². The number of nitrogen functional groups attached to an aromatic ring is 1. The molecule has 0 aliphatic rings. The van der Waals surface area contributed by atoms with E-state index >= 15 is 0 Å². The second-order valence-electron chi connectivity index (χ2n) is 4.72. The zero-order valence-electron chi connectivity index (χ0n) is 11.7. The van der Waals surface area contributed by atoms with Crippen LogP contribution < -0.4 is 16.0 Å². The molecule has 2 aromatic carbocycles. The summed E-state index contributed by atoms with van der Waals surface area (Å²) in [4.78, 5) is 14.0. The minimum absolute atomic E-state index is 0.00304. The number of carbonyl (C=O) groups excluding carboxylic acids is 1. The second-order valence-corrected chi connectivity index (χ2v) is 5.13. The minimum Gasteiger partial charge on any atom is -0.396 e. The average molecular weight is 308 g/mol. The number of para-hydroxylation sites is 1. The Bertz CT molecular complexity index is 689. The standard InChI is InChI=1S/C15H15ClFN3O/c1-20(2)14-10(16)4-3-5-13(14)19-15(21)9-6-7-12(18)11(17)8-9/h3-8H,18H2,1-2H3,(H,19,21). The predicted octanol–water partition coefficient (Wildman–Crippen LogP) is 3.38. The first-order chi connectivity index (χ1) is 9.90. The molecular formula is C15H15ClFN3O. The van der Waals surface area contributed by atoms with E-state index in [4.69, 9.17) is 17.3 Å². The van der Waals surface area contributed by atoms with Crippen LogP contribution in [0.5, 0.6) is 0 Å². The van der Waals surface area contributed by atoms with Crippen LogP contribution in [0.25, 0.3) is 0 Å². The van der Waals surface area contributed by atoms with Gasteiger partial charge in [0.15, 0.2) is 0 Å². The Balaban J connectivity index is 2.31. The Morgan fingerprint density at radius 3 is 2.62 bits per heavy atom. The fourth-order valence-corrected chi connectivity index (χ4v) is 2.28. The Hall–Kier alpha value is -2.27. The van der Waals surface area contributed by atoms with Crippen LogP contribution in [0.2, 0.25) is 5.02 Å². The number of halogens is 2. The molecule has 0 radical (unpaired) electrons. The van der Waals surface area contributed by atoms with Gasteiger partial charge in [-0.1, -0.05) is 17.7 Å². The van der Waals surface area contributed by atoms with Gasteiger partial charge in [0.25, 0.3) is 5.91 Å². The van der Waals surface area contributed by atoms with Gasteiger partial charge in [-0.2, -0.15) is 0 Å². The number of hydrogen-bond acceptors (Lipinski definition) is 3. The molecule has 0 aliphatic carbocycles. The molecule has 0 saturated heterocycles. The van der Waals surface area contributed by atoms with Gasteiger partial charge < -0.3 is 16.0 Å². The number of nitrogens with two attached hydrogens (primary N) is 1. The molecule has 0 saturated carbocycles. The highest BCUT2D eigenvalue weighted by molar-refractivity contribution is 6.34. The highest BCUT2D eigenvalue weighted by atomic mass is 35.5. The van der Waals surface area contributed by atoms with Crippen molar-refractivity contribution in [1.29, 1.82) is 0 Å². The highest BCUT2D eigenvalue weighted by Gasteiger charge is 2.14. The van der Waals surface area contributed by atoms with E-state index in [2.05, 4.69) is 5.32 Å². The number of hydrogen-bond donors (Lipinski definition) is 2. The van der Waals surface area contributed by atoms with Gasteiger partial charge in [0.1, 0.15) is 5.82 Å². The lowest BCUT2D eigenvalue weighted by molar-refractivity contribution is 0.102. The molecule has 0 aliphatic heterocycles. The molecular weight excluding hydrogens is 293 g/mol. The van der Waals surface area contributed by atoms with E-state index in [1.807, 2.05) is 14.1 Å². The molecule has 0 atom stereocenters. The zero-order chi connectivity index (χ0) is 15.6. The lowest BCUT2D eigenvalue weighted by atomic mass is 10.1. The molecule has 3 N–H and O–H groups in total. The summed E-state index contributed by atoms with van der Waals surface area (Å²) in [5, 5.41) is 3.24. The third-order valence-corrected chi connectivity index (χ3v) is 3.25. The Morgan fingerprint density at radius 2 is 2.00 bits per heavy atom. The first-order valence-corrected chi connectivity index (χ1v) is 6.60. The van der Waals surface area contributed by atoms with Gasteiger partial charge in [0.05, 0.1) is 22.1 Å². The predicted molar refractivity (Wildman–Crippen MR) is 84.5 cm³/mol. The van der Waals surface area contributed by atoms with Crippen LogP contribution in [-0.4, -0.2) is 20.0 Å². The zero-order valence-corrected chi connectivity index (χ0v) is 12.4. The van der Waals surface area contributed by atoms with E-state index in [0.29, 0.717) is 16.4 Å². The molecule has 2 aromatic rings. The van der Waals surface area contributed by atoms with E-state index in [1.165, 1.54) is 12.1 Å². The summed E-state index contributed by atoms with van der Waals surface area (Å²) in [5.74, 6) is -1.05. The van der Waals surface area contributed by atoms with E-state index in [0.717, 1.165) is 6.07 Å². The topological polar surface area (TPSA) is 58.4 Å². The highest BCUT2D eigenvalue weighted by Crippen LogP contribution is 2.32. The van der Waals surface area contributed by atoms with E-state index < -0.39 is 11.7 Å². The summed E-state index contributed by atoms with van der Waals surface area (Å²) in [6, 6.07) is 9.12. The smallest absolute Gasteiger partial charge is 0.255 e. The molecule has 4 nitrogen and oxygen atoms in total. The van der Waals surface area contributed by atoms with Crippen LogP contribution in [0.1, 0.15) is 10.4 Å². The summed E-state index contributed by atoms with van der Waals surface area (Å²) in [6.07, 6.45) is 0. The number of nitrogens with zero attached hydrogens (tertiary/aromatic N) is 1. The lowest BCUT2D eigenvalue weighted by Gasteiger charge is -2.19. The maximum absolute atomic E-state index is 13.4. The largest absolute Gasteiger partial charge is 0.396 e. The van der Waals surface area contributed by atoms with Crippen molar-refractivity contribution in [1.82, 2.24) is 0 Å². The lowest BCUT2D eigenvalue weighted by Crippen LogP contribution is -2.17. The fraction of sp³-hybridized carbons (Fsp3) is 0.133. The van der Waals surface area contributed by atoms with Crippen LogP contribution in [0.4, 0.5) is 21.5 Å². The van der Waals surface area contributed by atoms with Crippen molar-refractivity contribution in [2.24, 2.45) is 0 Å². The second kappa shape index (κ2) is 6.01. The summed E-state index contributed by atoms with van der Waals surface area (Å²) in [7, 11) is 3.64. The van der Waals surface area contributed by atoms with Crippen molar-refractivity contribution < 1.29 is 9.18 Å². The minimum atomic E-state index is -0.624. The Kier molecular flexibility index (Phi) is 4.33. The number of benzene rings is 2. The number of anilines is 3. The first kappa shape index (κ1) is 15.1. The normalized spacial score (nSPS) is 10.3. The number of nitrogens with one attached hydrogen (secondary N) is 1. The Labute approximate surface area is 127 Å². The summed E-state index contributed by atoms with van der Waals surface area (Å²) < 4.78 is 13.4. The number of rotatable bonds is 3. The van der Waals surface area contributed by atoms with E-state index in [-0.39, 0.29) is 11.3 Å². The van der Waals surface area contributed by atoms with Crippen LogP contribution in [-0.2, 0) is 0 Å². The third-order valence-electron chi connectivity index (χ3n) is 2.94. The summed E-state index contributed by atoms with van der Waals surface area (Å²) in [5.41, 5.74) is 6.82. The van der Waals surface area contributed by atoms with Crippen LogP contribution in [0, 0.1) is 5.82 Å². The van der Waals surface area contributed by atoms with Crippen LogP contribution in [0.15, 0.2) is 36.4 Å². The molecule has 0 fully saturated rings. The molecule has 6 heteroatoms. The van der Waals surface area contributed by atoms with Gasteiger partial charge >= 0.3 is 0 Å². The quantitative estimate of drug-likeness (QED) is 0.855. The first-order valence-electron chi connectivity index (χ1n) is 6.22. The average Bonchev–Trinajstić information content (AvgIpc) is 2.41. The van der Waals surface area contributed by atoms with Gasteiger partial charge in [-0.15, -0.1) is 0 Å². The summed E-state index contributed by atoms with van der Waals surface area (Å²) >= 11 is 6.13. The van der Waals surface area contributed by atoms with Crippen molar-refractivity contribution in [2.45, 2.75) is 0 Å². The van der Waals surface area contributed by atoms with Gasteiger partial charge in [-0.25, -0.2) is 4.39 Å². The number of carbonyl (C=O) groups is 1. The molecule has 2 rings (SSSR count). The number of amides is 1. The van der Waals surface area contributed by atoms with Gasteiger partial charge in [0, 0.05) is 19.7 Å². The van der Waals surface area contributed by atoms with Crippen molar-refractivity contribution in [3.05, 3.63) is 52.8 Å². The monoisotopic (exact) mass is 307 g/mol. The molecule has 0 bridgehead atoms. The van der Waals surface area contributed by atoms with Crippen molar-refractivity contribution >= 4 is 34.6 Å². The van der Waals surface area contributed by atoms with Crippen LogP contribution >= 0.6 is 11.6 Å². The van der Waals surface area contributed by atoms with Crippen molar-refractivity contribution in [3.63, 3.8) is 0 Å². The molecule has 0 aromatic heterocycles. The van der Waals surface area contributed by atoms with Crippen LogP contribution in [0.3, 0.4) is 0 Å². The molecule has 110 valence electrons. The maximum Gasteiger partial charge on any atom is 0.255 e. The SMILES string of the molecule is CN(C)c1c(Cl)cccc1NC(=O)c1ccc(N)c(F)c1. The van der Waals surface area contributed by atoms with Gasteiger partial charge in [-0.05, 0) is 30.3 Å². The van der Waals surface area contributed by atoms with Crippen molar-refractivity contribution in [2.75, 3.05) is 30.0 Å². The maximum atomic E-state index is 13.4. The molecule has 21 heavy (non-hydrogen) atoms. The van der Waals surface area contributed by atoms with E-state index in [1.54, 1.807) is 23.1 Å².